The normalized spacial score (nSPS) is 16.1. The first kappa shape index (κ1) is 16.5. The number of hydrogen-bond acceptors (Lipinski definition) is 4. The smallest absolute Gasteiger partial charge is 0.282 e. The van der Waals surface area contributed by atoms with E-state index >= 15 is 0 Å². The van der Waals surface area contributed by atoms with Crippen LogP contribution in [0.1, 0.15) is 29.7 Å². The van der Waals surface area contributed by atoms with Gasteiger partial charge in [0.15, 0.2) is 0 Å². The summed E-state index contributed by atoms with van der Waals surface area (Å²) < 4.78 is 27.6. The van der Waals surface area contributed by atoms with Crippen LogP contribution >= 0.6 is 11.3 Å². The predicted octanol–water partition coefficient (Wildman–Crippen LogP) is 1.25. The lowest BCUT2D eigenvalue weighted by Gasteiger charge is -2.23. The summed E-state index contributed by atoms with van der Waals surface area (Å²) in [6, 6.07) is 1.91. The van der Waals surface area contributed by atoms with E-state index in [9.17, 15) is 8.42 Å². The second-order valence-electron chi connectivity index (χ2n) is 4.96. The third-order valence-electron chi connectivity index (χ3n) is 3.29. The highest BCUT2D eigenvalue weighted by molar-refractivity contribution is 7.86. The average Bonchev–Trinajstić information content (AvgIpc) is 3.10. The molecule has 1 aliphatic heterocycles. The minimum absolute atomic E-state index is 0.0576. The quantitative estimate of drug-likeness (QED) is 0.828. The fraction of sp³-hybridized carbons (Fsp3) is 0.571. The standard InChI is InChI=1S/C14H20N2O3S2/c1-15(21(18,19)16-7-3-4-8-16)11-13-10-14(20-12-13)6-2-5-9-17/h10,12,17H,3-5,7-9,11H2,1H3. The first-order valence-electron chi connectivity index (χ1n) is 6.92. The lowest BCUT2D eigenvalue weighted by atomic mass is 10.3. The van der Waals surface area contributed by atoms with Crippen molar-refractivity contribution >= 4 is 21.5 Å². The highest BCUT2D eigenvalue weighted by Gasteiger charge is 2.29. The van der Waals surface area contributed by atoms with E-state index in [0.717, 1.165) is 23.3 Å². The van der Waals surface area contributed by atoms with Crippen molar-refractivity contribution in [1.29, 1.82) is 0 Å². The molecule has 21 heavy (non-hydrogen) atoms. The first-order valence-corrected chi connectivity index (χ1v) is 9.20. The van der Waals surface area contributed by atoms with Gasteiger partial charge in [0.05, 0.1) is 11.5 Å². The molecule has 5 nitrogen and oxygen atoms in total. The van der Waals surface area contributed by atoms with Gasteiger partial charge < -0.3 is 5.11 Å². The van der Waals surface area contributed by atoms with Gasteiger partial charge in [-0.3, -0.25) is 0 Å². The van der Waals surface area contributed by atoms with Crippen molar-refractivity contribution in [2.24, 2.45) is 0 Å². The molecule has 1 N–H and O–H groups in total. The van der Waals surface area contributed by atoms with Crippen LogP contribution in [0.2, 0.25) is 0 Å². The molecular formula is C14H20N2O3S2. The Morgan fingerprint density at radius 1 is 1.43 bits per heavy atom. The van der Waals surface area contributed by atoms with Gasteiger partial charge in [0.1, 0.15) is 0 Å². The summed E-state index contributed by atoms with van der Waals surface area (Å²) in [4.78, 5) is 0.894. The van der Waals surface area contributed by atoms with E-state index in [4.69, 9.17) is 5.11 Å². The molecule has 116 valence electrons. The van der Waals surface area contributed by atoms with Crippen LogP contribution in [0.5, 0.6) is 0 Å². The minimum Gasteiger partial charge on any atom is -0.395 e. The number of aliphatic hydroxyl groups excluding tert-OH is 1. The van der Waals surface area contributed by atoms with Crippen molar-refractivity contribution in [2.75, 3.05) is 26.7 Å². The topological polar surface area (TPSA) is 60.9 Å². The predicted molar refractivity (Wildman–Crippen MR) is 84.1 cm³/mol. The molecule has 0 amide bonds. The van der Waals surface area contributed by atoms with E-state index in [1.807, 2.05) is 11.4 Å². The molecule has 1 aliphatic rings. The zero-order chi connectivity index (χ0) is 15.3. The fourth-order valence-corrected chi connectivity index (χ4v) is 4.38. The van der Waals surface area contributed by atoms with Crippen LogP contribution in [0.4, 0.5) is 0 Å². The number of hydrogen-bond donors (Lipinski definition) is 1. The van der Waals surface area contributed by atoms with Crippen molar-refractivity contribution in [2.45, 2.75) is 25.8 Å². The van der Waals surface area contributed by atoms with Crippen LogP contribution < -0.4 is 0 Å². The van der Waals surface area contributed by atoms with Gasteiger partial charge in [-0.25, -0.2) is 0 Å². The largest absolute Gasteiger partial charge is 0.395 e. The first-order chi connectivity index (χ1) is 10.0. The summed E-state index contributed by atoms with van der Waals surface area (Å²) in [6.07, 6.45) is 2.34. The Morgan fingerprint density at radius 2 is 2.14 bits per heavy atom. The van der Waals surface area contributed by atoms with Gasteiger partial charge in [-0.1, -0.05) is 11.8 Å². The van der Waals surface area contributed by atoms with Crippen LogP contribution in [0.25, 0.3) is 0 Å². The molecule has 1 aromatic rings. The Bertz CT molecular complexity index is 622. The van der Waals surface area contributed by atoms with Crippen LogP contribution in [-0.2, 0) is 16.8 Å². The SMILES string of the molecule is CN(Cc1csc(C#CCCO)c1)S(=O)(=O)N1CCCC1. The molecule has 0 aromatic carbocycles. The van der Waals surface area contributed by atoms with Crippen LogP contribution in [-0.4, -0.2) is 48.9 Å². The second kappa shape index (κ2) is 7.38. The molecule has 0 radical (unpaired) electrons. The van der Waals surface area contributed by atoms with E-state index in [1.54, 1.807) is 11.4 Å². The fourth-order valence-electron chi connectivity index (χ4n) is 2.18. The van der Waals surface area contributed by atoms with Crippen molar-refractivity contribution < 1.29 is 13.5 Å². The number of aliphatic hydroxyl groups is 1. The van der Waals surface area contributed by atoms with Gasteiger partial charge in [-0.05, 0) is 29.9 Å². The van der Waals surface area contributed by atoms with Crippen LogP contribution in [0.15, 0.2) is 11.4 Å². The molecule has 0 saturated carbocycles. The lowest BCUT2D eigenvalue weighted by Crippen LogP contribution is -2.39. The van der Waals surface area contributed by atoms with Gasteiger partial charge in [0.2, 0.25) is 0 Å². The molecule has 0 atom stereocenters. The summed E-state index contributed by atoms with van der Waals surface area (Å²) in [6.45, 7) is 1.65. The Kier molecular flexibility index (Phi) is 5.79. The summed E-state index contributed by atoms with van der Waals surface area (Å²) in [7, 11) is -1.73. The molecule has 2 rings (SSSR count). The summed E-state index contributed by atoms with van der Waals surface area (Å²) in [5.41, 5.74) is 0.943. The third-order valence-corrected chi connectivity index (χ3v) is 6.12. The molecule has 0 aliphatic carbocycles. The van der Waals surface area contributed by atoms with Crippen molar-refractivity contribution in [3.05, 3.63) is 21.9 Å². The van der Waals surface area contributed by atoms with Gasteiger partial charge in [0.25, 0.3) is 10.2 Å². The van der Waals surface area contributed by atoms with Crippen molar-refractivity contribution in [3.8, 4) is 11.8 Å². The Morgan fingerprint density at radius 3 is 2.81 bits per heavy atom. The molecular weight excluding hydrogens is 308 g/mol. The van der Waals surface area contributed by atoms with E-state index in [2.05, 4.69) is 11.8 Å². The van der Waals surface area contributed by atoms with E-state index in [-0.39, 0.29) is 6.61 Å². The Balaban J connectivity index is 1.99. The van der Waals surface area contributed by atoms with Gasteiger partial charge in [-0.2, -0.15) is 17.0 Å². The van der Waals surface area contributed by atoms with E-state index < -0.39 is 10.2 Å². The Hall–Kier alpha value is -0.910. The van der Waals surface area contributed by atoms with Gasteiger partial charge in [-0.15, -0.1) is 11.3 Å². The number of thiophene rings is 1. The maximum Gasteiger partial charge on any atom is 0.282 e. The van der Waals surface area contributed by atoms with Gasteiger partial charge >= 0.3 is 0 Å². The highest BCUT2D eigenvalue weighted by Crippen LogP contribution is 2.20. The molecule has 1 aromatic heterocycles. The monoisotopic (exact) mass is 328 g/mol. The van der Waals surface area contributed by atoms with Gasteiger partial charge in [0, 0.05) is 33.1 Å². The van der Waals surface area contributed by atoms with Crippen molar-refractivity contribution in [3.63, 3.8) is 0 Å². The molecule has 0 spiro atoms. The van der Waals surface area contributed by atoms with E-state index in [0.29, 0.717) is 26.1 Å². The molecule has 0 bridgehead atoms. The molecule has 0 unspecified atom stereocenters. The zero-order valence-electron chi connectivity index (χ0n) is 12.1. The lowest BCUT2D eigenvalue weighted by molar-refractivity contribution is 0.305. The van der Waals surface area contributed by atoms with Crippen LogP contribution in [0, 0.1) is 11.8 Å². The maximum absolute atomic E-state index is 12.4. The molecule has 7 heteroatoms. The Labute approximate surface area is 130 Å². The summed E-state index contributed by atoms with van der Waals surface area (Å²) in [5.74, 6) is 5.83. The minimum atomic E-state index is -3.35. The summed E-state index contributed by atoms with van der Waals surface area (Å²) >= 11 is 1.49. The highest BCUT2D eigenvalue weighted by atomic mass is 32.2. The molecule has 1 fully saturated rings. The van der Waals surface area contributed by atoms with Crippen molar-refractivity contribution in [1.82, 2.24) is 8.61 Å². The van der Waals surface area contributed by atoms with E-state index in [1.165, 1.54) is 15.6 Å². The summed E-state index contributed by atoms with van der Waals surface area (Å²) in [5, 5.41) is 10.6. The van der Waals surface area contributed by atoms with Crippen LogP contribution in [0.3, 0.4) is 0 Å². The number of rotatable bonds is 5. The molecule has 2 heterocycles. The maximum atomic E-state index is 12.4. The zero-order valence-corrected chi connectivity index (χ0v) is 13.7. The average molecular weight is 328 g/mol. The third kappa shape index (κ3) is 4.28. The second-order valence-corrected chi connectivity index (χ2v) is 7.91. The molecule has 1 saturated heterocycles. The number of nitrogens with zero attached hydrogens (tertiary/aromatic N) is 2.